The molecule has 0 bridgehead atoms. The summed E-state index contributed by atoms with van der Waals surface area (Å²) in [6, 6.07) is 9.85. The molecule has 3 rings (SSSR count). The largest absolute Gasteiger partial charge is 0.374 e. The van der Waals surface area contributed by atoms with E-state index in [2.05, 4.69) is 42.1 Å². The molecular formula is C16H14BrFN6O. The Labute approximate surface area is 151 Å². The molecule has 128 valence electrons. The number of anilines is 2. The summed E-state index contributed by atoms with van der Waals surface area (Å²) in [6.07, 6.45) is 1.40. The van der Waals surface area contributed by atoms with E-state index >= 15 is 0 Å². The van der Waals surface area contributed by atoms with Crippen molar-refractivity contribution in [1.82, 2.24) is 20.2 Å². The molecule has 0 aliphatic heterocycles. The molecular weight excluding hydrogens is 391 g/mol. The fourth-order valence-electron chi connectivity index (χ4n) is 2.17. The highest BCUT2D eigenvalue weighted by Crippen LogP contribution is 2.20. The highest BCUT2D eigenvalue weighted by atomic mass is 79.9. The molecule has 3 aromatic rings. The van der Waals surface area contributed by atoms with Crippen LogP contribution in [0.5, 0.6) is 0 Å². The predicted molar refractivity (Wildman–Crippen MR) is 95.1 cm³/mol. The number of benzene rings is 2. The van der Waals surface area contributed by atoms with E-state index in [0.717, 1.165) is 10.0 Å². The molecule has 25 heavy (non-hydrogen) atoms. The smallest absolute Gasteiger partial charge is 0.243 e. The lowest BCUT2D eigenvalue weighted by molar-refractivity contribution is -0.114. The van der Waals surface area contributed by atoms with Crippen LogP contribution in [-0.2, 0) is 4.79 Å². The van der Waals surface area contributed by atoms with Gasteiger partial charge in [-0.3, -0.25) is 4.79 Å². The minimum Gasteiger partial charge on any atom is -0.374 e. The molecule has 1 heterocycles. The topological polar surface area (TPSA) is 84.7 Å². The summed E-state index contributed by atoms with van der Waals surface area (Å²) in [5, 5.41) is 16.4. The second-order valence-electron chi connectivity index (χ2n) is 5.28. The number of halogens is 2. The predicted octanol–water partition coefficient (Wildman–Crippen LogP) is 2.92. The number of nitrogens with zero attached hydrogens (tertiary/aromatic N) is 4. The molecule has 0 aliphatic carbocycles. The molecule has 0 saturated heterocycles. The summed E-state index contributed by atoms with van der Waals surface area (Å²) >= 11 is 3.41. The highest BCUT2D eigenvalue weighted by Gasteiger charge is 2.09. The van der Waals surface area contributed by atoms with Crippen molar-refractivity contribution in [3.05, 3.63) is 58.6 Å². The Morgan fingerprint density at radius 3 is 2.84 bits per heavy atom. The molecule has 2 aromatic carbocycles. The van der Waals surface area contributed by atoms with E-state index in [9.17, 15) is 9.18 Å². The van der Waals surface area contributed by atoms with Gasteiger partial charge in [0.15, 0.2) is 0 Å². The lowest BCUT2D eigenvalue weighted by Gasteiger charge is -2.10. The number of tetrazole rings is 1. The normalized spacial score (nSPS) is 10.5. The Balaban J connectivity index is 1.65. The number of aromatic nitrogens is 4. The van der Waals surface area contributed by atoms with Gasteiger partial charge >= 0.3 is 0 Å². The second kappa shape index (κ2) is 7.39. The Kier molecular flexibility index (Phi) is 5.03. The van der Waals surface area contributed by atoms with E-state index in [4.69, 9.17) is 0 Å². The van der Waals surface area contributed by atoms with Crippen molar-refractivity contribution in [1.29, 1.82) is 0 Å². The summed E-state index contributed by atoms with van der Waals surface area (Å²) in [5.41, 5.74) is 2.45. The van der Waals surface area contributed by atoms with Gasteiger partial charge < -0.3 is 10.6 Å². The summed E-state index contributed by atoms with van der Waals surface area (Å²) in [5.74, 6) is -0.752. The van der Waals surface area contributed by atoms with Crippen LogP contribution in [0, 0.1) is 12.7 Å². The summed E-state index contributed by atoms with van der Waals surface area (Å²) in [7, 11) is 0. The molecule has 0 radical (unpaired) electrons. The molecule has 0 spiro atoms. The number of rotatable bonds is 5. The second-order valence-corrected chi connectivity index (χ2v) is 6.14. The molecule has 9 heteroatoms. The first kappa shape index (κ1) is 17.0. The SMILES string of the molecule is Cc1cc(NC(=O)CNc2cc(-n3cnnn3)ccc2F)ccc1Br. The maximum Gasteiger partial charge on any atom is 0.243 e. The Morgan fingerprint density at radius 2 is 2.12 bits per heavy atom. The molecule has 0 aliphatic rings. The lowest BCUT2D eigenvalue weighted by atomic mass is 10.2. The van der Waals surface area contributed by atoms with Crippen LogP contribution in [0.15, 0.2) is 47.2 Å². The minimum absolute atomic E-state index is 0.0783. The number of aryl methyl sites for hydroxylation is 1. The van der Waals surface area contributed by atoms with E-state index in [1.165, 1.54) is 23.1 Å². The number of carbonyl (C=O) groups is 1. The first-order chi connectivity index (χ1) is 12.0. The van der Waals surface area contributed by atoms with Gasteiger partial charge in [-0.05, 0) is 59.3 Å². The van der Waals surface area contributed by atoms with Crippen LogP contribution in [0.1, 0.15) is 5.56 Å². The van der Waals surface area contributed by atoms with Crippen molar-refractivity contribution >= 4 is 33.2 Å². The fourth-order valence-corrected chi connectivity index (χ4v) is 2.42. The van der Waals surface area contributed by atoms with Crippen LogP contribution in [0.2, 0.25) is 0 Å². The van der Waals surface area contributed by atoms with Crippen molar-refractivity contribution in [2.75, 3.05) is 17.2 Å². The highest BCUT2D eigenvalue weighted by molar-refractivity contribution is 9.10. The average molecular weight is 405 g/mol. The number of amides is 1. The van der Waals surface area contributed by atoms with Gasteiger partial charge in [0.2, 0.25) is 5.91 Å². The van der Waals surface area contributed by atoms with Gasteiger partial charge in [-0.15, -0.1) is 5.10 Å². The van der Waals surface area contributed by atoms with E-state index in [-0.39, 0.29) is 18.1 Å². The monoisotopic (exact) mass is 404 g/mol. The van der Waals surface area contributed by atoms with Crippen LogP contribution in [-0.4, -0.2) is 32.7 Å². The number of hydrogen-bond acceptors (Lipinski definition) is 5. The van der Waals surface area contributed by atoms with Gasteiger partial charge in [0.25, 0.3) is 0 Å². The van der Waals surface area contributed by atoms with Crippen molar-refractivity contribution < 1.29 is 9.18 Å². The van der Waals surface area contributed by atoms with Crippen molar-refractivity contribution in [2.24, 2.45) is 0 Å². The van der Waals surface area contributed by atoms with E-state index in [1.54, 1.807) is 12.1 Å². The maximum absolute atomic E-state index is 13.9. The summed E-state index contributed by atoms with van der Waals surface area (Å²) in [6.45, 7) is 1.85. The van der Waals surface area contributed by atoms with Crippen LogP contribution < -0.4 is 10.6 Å². The van der Waals surface area contributed by atoms with Crippen LogP contribution >= 0.6 is 15.9 Å². The Bertz CT molecular complexity index is 900. The summed E-state index contributed by atoms with van der Waals surface area (Å²) in [4.78, 5) is 12.1. The number of nitrogens with one attached hydrogen (secondary N) is 2. The Morgan fingerprint density at radius 1 is 1.28 bits per heavy atom. The zero-order valence-electron chi connectivity index (χ0n) is 13.2. The van der Waals surface area contributed by atoms with Gasteiger partial charge in [-0.2, -0.15) is 0 Å². The van der Waals surface area contributed by atoms with Gasteiger partial charge in [0.05, 0.1) is 17.9 Å². The third-order valence-corrected chi connectivity index (χ3v) is 4.33. The molecule has 0 fully saturated rings. The minimum atomic E-state index is -0.468. The van der Waals surface area contributed by atoms with Crippen LogP contribution in [0.25, 0.3) is 5.69 Å². The standard InChI is InChI=1S/C16H14BrFN6O/c1-10-6-11(2-4-13(10)17)21-16(25)8-19-15-7-12(3-5-14(15)18)24-9-20-22-23-24/h2-7,9,19H,8H2,1H3,(H,21,25). The van der Waals surface area contributed by atoms with Crippen molar-refractivity contribution in [3.63, 3.8) is 0 Å². The van der Waals surface area contributed by atoms with Gasteiger partial charge in [-0.1, -0.05) is 15.9 Å². The van der Waals surface area contributed by atoms with Crippen LogP contribution in [0.4, 0.5) is 15.8 Å². The van der Waals surface area contributed by atoms with Gasteiger partial charge in [0, 0.05) is 10.2 Å². The first-order valence-electron chi connectivity index (χ1n) is 7.36. The zero-order valence-corrected chi connectivity index (χ0v) is 14.8. The third-order valence-electron chi connectivity index (χ3n) is 3.44. The molecule has 7 nitrogen and oxygen atoms in total. The summed E-state index contributed by atoms with van der Waals surface area (Å²) < 4.78 is 16.3. The molecule has 0 saturated carbocycles. The average Bonchev–Trinajstić information content (AvgIpc) is 3.12. The number of hydrogen-bond donors (Lipinski definition) is 2. The zero-order chi connectivity index (χ0) is 17.8. The molecule has 1 aromatic heterocycles. The first-order valence-corrected chi connectivity index (χ1v) is 8.15. The number of carbonyl (C=O) groups excluding carboxylic acids is 1. The van der Waals surface area contributed by atoms with E-state index < -0.39 is 5.82 Å². The van der Waals surface area contributed by atoms with Gasteiger partial charge in [-0.25, -0.2) is 9.07 Å². The maximum atomic E-state index is 13.9. The van der Waals surface area contributed by atoms with Gasteiger partial charge in [0.1, 0.15) is 12.1 Å². The molecule has 0 unspecified atom stereocenters. The molecule has 1 amide bonds. The third kappa shape index (κ3) is 4.18. The van der Waals surface area contributed by atoms with Crippen LogP contribution in [0.3, 0.4) is 0 Å². The Hall–Kier alpha value is -2.81. The molecule has 0 atom stereocenters. The van der Waals surface area contributed by atoms with Crippen molar-refractivity contribution in [3.8, 4) is 5.69 Å². The lowest BCUT2D eigenvalue weighted by Crippen LogP contribution is -2.22. The van der Waals surface area contributed by atoms with E-state index in [0.29, 0.717) is 11.4 Å². The fraction of sp³-hybridized carbons (Fsp3) is 0.125. The van der Waals surface area contributed by atoms with Crippen molar-refractivity contribution in [2.45, 2.75) is 6.92 Å². The van der Waals surface area contributed by atoms with E-state index in [1.807, 2.05) is 19.1 Å². The molecule has 2 N–H and O–H groups in total. The quantitative estimate of drug-likeness (QED) is 0.682.